The highest BCUT2D eigenvalue weighted by atomic mass is 19.2. The topological polar surface area (TPSA) is 37.8 Å². The molecule has 2 rings (SSSR count). The summed E-state index contributed by atoms with van der Waals surface area (Å²) in [6.45, 7) is 0. The van der Waals surface area contributed by atoms with Crippen LogP contribution in [0.25, 0.3) is 0 Å². The van der Waals surface area contributed by atoms with Crippen molar-refractivity contribution in [1.82, 2.24) is 15.3 Å². The Morgan fingerprint density at radius 1 is 1.06 bits per heavy atom. The Labute approximate surface area is 102 Å². The van der Waals surface area contributed by atoms with Gasteiger partial charge in [-0.25, -0.2) is 23.1 Å². The van der Waals surface area contributed by atoms with E-state index in [1.54, 1.807) is 13.1 Å². The van der Waals surface area contributed by atoms with Gasteiger partial charge in [0, 0.05) is 18.0 Å². The molecule has 1 unspecified atom stereocenters. The average Bonchev–Trinajstić information content (AvgIpc) is 2.41. The maximum atomic E-state index is 13.7. The summed E-state index contributed by atoms with van der Waals surface area (Å²) >= 11 is 0. The molecule has 0 saturated carbocycles. The number of nitrogens with one attached hydrogen (secondary N) is 1. The van der Waals surface area contributed by atoms with Gasteiger partial charge in [-0.05, 0) is 19.2 Å². The lowest BCUT2D eigenvalue weighted by atomic mass is 10.1. The molecule has 1 heterocycles. The number of benzene rings is 1. The first kappa shape index (κ1) is 12.5. The Bertz CT molecular complexity index is 546. The predicted molar refractivity (Wildman–Crippen MR) is 59.3 cm³/mol. The van der Waals surface area contributed by atoms with Crippen molar-refractivity contribution in [3.63, 3.8) is 0 Å². The zero-order chi connectivity index (χ0) is 13.1. The quantitative estimate of drug-likeness (QED) is 0.852. The Kier molecular flexibility index (Phi) is 3.57. The van der Waals surface area contributed by atoms with Gasteiger partial charge in [-0.3, -0.25) is 0 Å². The molecule has 0 aliphatic heterocycles. The van der Waals surface area contributed by atoms with Crippen LogP contribution in [0.3, 0.4) is 0 Å². The summed E-state index contributed by atoms with van der Waals surface area (Å²) in [5.41, 5.74) is -0.0393. The first-order valence-corrected chi connectivity index (χ1v) is 5.22. The fraction of sp³-hybridized carbons (Fsp3) is 0.167. The minimum Gasteiger partial charge on any atom is -0.307 e. The SMILES string of the molecule is CNC(c1ncccn1)c1ccc(F)c(F)c1F. The Morgan fingerprint density at radius 3 is 2.33 bits per heavy atom. The third kappa shape index (κ3) is 2.19. The summed E-state index contributed by atoms with van der Waals surface area (Å²) in [6, 6.07) is 2.92. The van der Waals surface area contributed by atoms with Crippen molar-refractivity contribution in [2.24, 2.45) is 0 Å². The van der Waals surface area contributed by atoms with E-state index in [0.717, 1.165) is 6.07 Å². The van der Waals surface area contributed by atoms with Crippen LogP contribution in [0, 0.1) is 17.5 Å². The molecular weight excluding hydrogens is 243 g/mol. The maximum Gasteiger partial charge on any atom is 0.194 e. The fourth-order valence-electron chi connectivity index (χ4n) is 1.65. The first-order valence-electron chi connectivity index (χ1n) is 5.22. The maximum absolute atomic E-state index is 13.7. The molecule has 2 aromatic rings. The van der Waals surface area contributed by atoms with E-state index in [9.17, 15) is 13.2 Å². The summed E-state index contributed by atoms with van der Waals surface area (Å²) in [6.07, 6.45) is 2.98. The second kappa shape index (κ2) is 5.14. The van der Waals surface area contributed by atoms with Crippen molar-refractivity contribution < 1.29 is 13.2 Å². The molecule has 0 amide bonds. The molecule has 0 bridgehead atoms. The Hall–Kier alpha value is -1.95. The van der Waals surface area contributed by atoms with Gasteiger partial charge >= 0.3 is 0 Å². The van der Waals surface area contributed by atoms with Gasteiger partial charge in [0.2, 0.25) is 0 Å². The molecule has 6 heteroatoms. The number of aromatic nitrogens is 2. The molecule has 1 aromatic heterocycles. The van der Waals surface area contributed by atoms with Crippen LogP contribution in [0.5, 0.6) is 0 Å². The molecule has 1 N–H and O–H groups in total. The third-order valence-corrected chi connectivity index (χ3v) is 2.51. The standard InChI is InChI=1S/C12H10F3N3/c1-16-11(12-17-5-2-6-18-12)7-3-4-8(13)10(15)9(7)14/h2-6,11,16H,1H3. The van der Waals surface area contributed by atoms with Crippen LogP contribution in [0.4, 0.5) is 13.2 Å². The van der Waals surface area contributed by atoms with Gasteiger partial charge in [0.25, 0.3) is 0 Å². The van der Waals surface area contributed by atoms with E-state index >= 15 is 0 Å². The van der Waals surface area contributed by atoms with Crippen molar-refractivity contribution in [2.75, 3.05) is 7.05 Å². The molecule has 0 saturated heterocycles. The van der Waals surface area contributed by atoms with E-state index in [2.05, 4.69) is 15.3 Å². The lowest BCUT2D eigenvalue weighted by Crippen LogP contribution is -2.22. The number of nitrogens with zero attached hydrogens (tertiary/aromatic N) is 2. The molecule has 0 aliphatic rings. The van der Waals surface area contributed by atoms with Crippen molar-refractivity contribution >= 4 is 0 Å². The highest BCUT2D eigenvalue weighted by molar-refractivity contribution is 5.27. The van der Waals surface area contributed by atoms with E-state index in [1.807, 2.05) is 0 Å². The number of hydrogen-bond donors (Lipinski definition) is 1. The van der Waals surface area contributed by atoms with Gasteiger partial charge in [0.05, 0.1) is 6.04 Å². The molecule has 1 aromatic carbocycles. The van der Waals surface area contributed by atoms with Gasteiger partial charge in [-0.15, -0.1) is 0 Å². The van der Waals surface area contributed by atoms with E-state index < -0.39 is 23.5 Å². The van der Waals surface area contributed by atoms with Crippen LogP contribution >= 0.6 is 0 Å². The minimum absolute atomic E-state index is 0.0393. The summed E-state index contributed by atoms with van der Waals surface area (Å²) in [5, 5.41) is 2.77. The largest absolute Gasteiger partial charge is 0.307 e. The van der Waals surface area contributed by atoms with Crippen LogP contribution in [-0.4, -0.2) is 17.0 Å². The number of hydrogen-bond acceptors (Lipinski definition) is 3. The van der Waals surface area contributed by atoms with Crippen LogP contribution in [0.1, 0.15) is 17.4 Å². The average molecular weight is 253 g/mol. The Balaban J connectivity index is 2.50. The summed E-state index contributed by atoms with van der Waals surface area (Å²) in [7, 11) is 1.56. The lowest BCUT2D eigenvalue weighted by Gasteiger charge is -2.16. The molecule has 0 radical (unpaired) electrons. The second-order valence-electron chi connectivity index (χ2n) is 3.59. The van der Waals surface area contributed by atoms with Crippen LogP contribution in [0.2, 0.25) is 0 Å². The monoisotopic (exact) mass is 253 g/mol. The van der Waals surface area contributed by atoms with E-state index in [-0.39, 0.29) is 11.4 Å². The molecule has 1 atom stereocenters. The predicted octanol–water partition coefficient (Wildman–Crippen LogP) is 2.20. The van der Waals surface area contributed by atoms with Crippen LogP contribution < -0.4 is 5.32 Å². The molecule has 18 heavy (non-hydrogen) atoms. The van der Waals surface area contributed by atoms with Gasteiger partial charge in [-0.2, -0.15) is 0 Å². The van der Waals surface area contributed by atoms with Crippen molar-refractivity contribution in [1.29, 1.82) is 0 Å². The van der Waals surface area contributed by atoms with Gasteiger partial charge in [0.1, 0.15) is 5.82 Å². The Morgan fingerprint density at radius 2 is 1.72 bits per heavy atom. The van der Waals surface area contributed by atoms with Crippen LogP contribution in [0.15, 0.2) is 30.6 Å². The molecule has 94 valence electrons. The van der Waals surface area contributed by atoms with E-state index in [0.29, 0.717) is 0 Å². The first-order chi connectivity index (χ1) is 8.65. The zero-order valence-electron chi connectivity index (χ0n) is 9.49. The minimum atomic E-state index is -1.50. The molecule has 3 nitrogen and oxygen atoms in total. The summed E-state index contributed by atoms with van der Waals surface area (Å²) in [4.78, 5) is 7.93. The smallest absolute Gasteiger partial charge is 0.194 e. The normalized spacial score (nSPS) is 12.4. The highest BCUT2D eigenvalue weighted by Crippen LogP contribution is 2.24. The molecule has 0 fully saturated rings. The molecule has 0 aliphatic carbocycles. The van der Waals surface area contributed by atoms with Gasteiger partial charge < -0.3 is 5.32 Å². The highest BCUT2D eigenvalue weighted by Gasteiger charge is 2.22. The number of rotatable bonds is 3. The van der Waals surface area contributed by atoms with E-state index in [4.69, 9.17) is 0 Å². The third-order valence-electron chi connectivity index (χ3n) is 2.51. The number of halogens is 3. The molecule has 0 spiro atoms. The van der Waals surface area contributed by atoms with Crippen molar-refractivity contribution in [2.45, 2.75) is 6.04 Å². The second-order valence-corrected chi connectivity index (χ2v) is 3.59. The van der Waals surface area contributed by atoms with Crippen molar-refractivity contribution in [3.8, 4) is 0 Å². The zero-order valence-corrected chi connectivity index (χ0v) is 9.49. The van der Waals surface area contributed by atoms with Crippen LogP contribution in [-0.2, 0) is 0 Å². The lowest BCUT2D eigenvalue weighted by molar-refractivity contribution is 0.433. The summed E-state index contributed by atoms with van der Waals surface area (Å²) < 4.78 is 39.7. The summed E-state index contributed by atoms with van der Waals surface area (Å²) in [5.74, 6) is -3.67. The van der Waals surface area contributed by atoms with Gasteiger partial charge in [-0.1, -0.05) is 6.07 Å². The fourth-order valence-corrected chi connectivity index (χ4v) is 1.65. The van der Waals surface area contributed by atoms with Crippen molar-refractivity contribution in [3.05, 3.63) is 59.4 Å². The van der Waals surface area contributed by atoms with Gasteiger partial charge in [0.15, 0.2) is 17.5 Å². The molecular formula is C12H10F3N3. The van der Waals surface area contributed by atoms with E-state index in [1.165, 1.54) is 18.5 Å².